The molecule has 0 fully saturated rings. The molecular formula is C33H41N5O4S2. The lowest BCUT2D eigenvalue weighted by Crippen LogP contribution is -2.54. The molecule has 2 heterocycles. The fraction of sp³-hybridized carbons (Fsp3) is 0.394. The van der Waals surface area contributed by atoms with Crippen LogP contribution in [0.1, 0.15) is 31.9 Å². The first-order valence-electron chi connectivity index (χ1n) is 14.5. The maximum absolute atomic E-state index is 13.4. The number of methoxy groups -OCH3 is 2. The third-order valence-electron chi connectivity index (χ3n) is 7.05. The van der Waals surface area contributed by atoms with E-state index in [4.69, 9.17) is 9.47 Å². The monoisotopic (exact) mass is 635 g/mol. The van der Waals surface area contributed by atoms with Crippen molar-refractivity contribution in [3.8, 4) is 0 Å². The summed E-state index contributed by atoms with van der Waals surface area (Å²) in [5.74, 6) is 0. The minimum atomic E-state index is -0.437. The van der Waals surface area contributed by atoms with Crippen LogP contribution in [-0.2, 0) is 22.3 Å². The van der Waals surface area contributed by atoms with Gasteiger partial charge in [0.2, 0.25) is 0 Å². The maximum Gasteiger partial charge on any atom is 0.415 e. The quantitative estimate of drug-likeness (QED) is 0.156. The van der Waals surface area contributed by atoms with Gasteiger partial charge in [0.15, 0.2) is 0 Å². The SMILES string of the molecule is COC(=O)N(c1cncs1)[C@H](Cc1ccccc1)CN(C[C@@H](Cc1ccccc1)N(C(=O)OC)c1cncs1)CC(C)(C)C. The summed E-state index contributed by atoms with van der Waals surface area (Å²) in [5.41, 5.74) is 5.57. The number of rotatable bonds is 13. The van der Waals surface area contributed by atoms with Crippen molar-refractivity contribution in [2.75, 3.05) is 43.7 Å². The van der Waals surface area contributed by atoms with Crippen molar-refractivity contribution in [2.24, 2.45) is 5.41 Å². The molecule has 0 radical (unpaired) electrons. The van der Waals surface area contributed by atoms with Crippen molar-refractivity contribution in [3.63, 3.8) is 0 Å². The zero-order valence-corrected chi connectivity index (χ0v) is 27.6. The van der Waals surface area contributed by atoms with E-state index in [0.29, 0.717) is 25.9 Å². The summed E-state index contributed by atoms with van der Waals surface area (Å²) in [4.78, 5) is 41.0. The van der Waals surface area contributed by atoms with Crippen LogP contribution >= 0.6 is 22.7 Å². The Balaban J connectivity index is 1.76. The first-order valence-corrected chi connectivity index (χ1v) is 16.3. The summed E-state index contributed by atoms with van der Waals surface area (Å²) < 4.78 is 10.6. The Kier molecular flexibility index (Phi) is 11.9. The first-order chi connectivity index (χ1) is 21.2. The van der Waals surface area contributed by atoms with Crippen LogP contribution in [0.3, 0.4) is 0 Å². The van der Waals surface area contributed by atoms with Gasteiger partial charge in [-0.05, 0) is 29.4 Å². The number of ether oxygens (including phenoxy) is 2. The predicted octanol–water partition coefficient (Wildman–Crippen LogP) is 7.02. The molecule has 0 aliphatic rings. The number of thiazole rings is 2. The lowest BCUT2D eigenvalue weighted by atomic mass is 9.94. The molecular weight excluding hydrogens is 595 g/mol. The molecule has 2 atom stereocenters. The minimum Gasteiger partial charge on any atom is -0.452 e. The Labute approximate surface area is 268 Å². The van der Waals surface area contributed by atoms with Gasteiger partial charge in [0.25, 0.3) is 0 Å². The fourth-order valence-electron chi connectivity index (χ4n) is 5.41. The van der Waals surface area contributed by atoms with Crippen molar-refractivity contribution in [2.45, 2.75) is 45.7 Å². The second-order valence-corrected chi connectivity index (χ2v) is 13.5. The molecule has 0 unspecified atom stereocenters. The number of nitrogens with zero attached hydrogens (tertiary/aromatic N) is 5. The van der Waals surface area contributed by atoms with Gasteiger partial charge in [-0.2, -0.15) is 0 Å². The molecule has 4 rings (SSSR count). The largest absolute Gasteiger partial charge is 0.452 e. The van der Waals surface area contributed by atoms with Crippen LogP contribution in [0.15, 0.2) is 84.1 Å². The molecule has 2 aromatic carbocycles. The van der Waals surface area contributed by atoms with Crippen molar-refractivity contribution in [3.05, 3.63) is 95.2 Å². The number of aromatic nitrogens is 2. The van der Waals surface area contributed by atoms with E-state index in [1.807, 2.05) is 36.4 Å². The van der Waals surface area contributed by atoms with E-state index in [9.17, 15) is 9.59 Å². The Bertz CT molecular complexity index is 1310. The van der Waals surface area contributed by atoms with Crippen LogP contribution in [0.4, 0.5) is 19.6 Å². The van der Waals surface area contributed by atoms with Gasteiger partial charge in [0, 0.05) is 19.6 Å². The second kappa shape index (κ2) is 15.8. The molecule has 2 amide bonds. The van der Waals surface area contributed by atoms with E-state index in [-0.39, 0.29) is 17.5 Å². The summed E-state index contributed by atoms with van der Waals surface area (Å²) in [6, 6.07) is 19.7. The first kappa shape index (κ1) is 33.1. The number of hydrogen-bond donors (Lipinski definition) is 0. The number of anilines is 2. The Hall–Kier alpha value is -3.80. The molecule has 4 aromatic rings. The maximum atomic E-state index is 13.4. The van der Waals surface area contributed by atoms with E-state index < -0.39 is 12.2 Å². The van der Waals surface area contributed by atoms with Crippen LogP contribution < -0.4 is 9.80 Å². The van der Waals surface area contributed by atoms with Crippen LogP contribution in [0.5, 0.6) is 0 Å². The van der Waals surface area contributed by atoms with Crippen molar-refractivity contribution >= 4 is 44.9 Å². The molecule has 0 spiro atoms. The zero-order chi connectivity index (χ0) is 31.5. The molecule has 9 nitrogen and oxygen atoms in total. The molecule has 0 saturated heterocycles. The van der Waals surface area contributed by atoms with Gasteiger partial charge in [0.1, 0.15) is 10.0 Å². The van der Waals surface area contributed by atoms with Gasteiger partial charge < -0.3 is 9.47 Å². The van der Waals surface area contributed by atoms with E-state index in [2.05, 4.69) is 59.9 Å². The smallest absolute Gasteiger partial charge is 0.415 e. The summed E-state index contributed by atoms with van der Waals surface area (Å²) in [6.45, 7) is 8.37. The van der Waals surface area contributed by atoms with E-state index in [0.717, 1.165) is 27.7 Å². The third-order valence-corrected chi connectivity index (χ3v) is 8.59. The molecule has 2 aromatic heterocycles. The fourth-order valence-corrected chi connectivity index (χ4v) is 6.79. The molecule has 0 aliphatic carbocycles. The number of carbonyl (C=O) groups is 2. The zero-order valence-electron chi connectivity index (χ0n) is 26.0. The molecule has 44 heavy (non-hydrogen) atoms. The summed E-state index contributed by atoms with van der Waals surface area (Å²) in [7, 11) is 2.81. The molecule has 0 N–H and O–H groups in total. The van der Waals surface area contributed by atoms with Crippen molar-refractivity contribution in [1.82, 2.24) is 14.9 Å². The Morgan fingerprint density at radius 1 is 0.727 bits per heavy atom. The minimum absolute atomic E-state index is 0.0737. The molecule has 11 heteroatoms. The Morgan fingerprint density at radius 2 is 1.14 bits per heavy atom. The highest BCUT2D eigenvalue weighted by Gasteiger charge is 2.34. The van der Waals surface area contributed by atoms with Gasteiger partial charge in [0.05, 0.1) is 49.7 Å². The van der Waals surface area contributed by atoms with Crippen LogP contribution in [0.2, 0.25) is 0 Å². The lowest BCUT2D eigenvalue weighted by molar-refractivity contribution is 0.150. The van der Waals surface area contributed by atoms with Crippen LogP contribution in [0, 0.1) is 5.41 Å². The van der Waals surface area contributed by atoms with Gasteiger partial charge >= 0.3 is 12.2 Å². The summed E-state index contributed by atoms with van der Waals surface area (Å²) in [5, 5.41) is 1.44. The molecule has 234 valence electrons. The number of amides is 2. The lowest BCUT2D eigenvalue weighted by Gasteiger charge is -2.40. The Morgan fingerprint density at radius 3 is 1.45 bits per heavy atom. The second-order valence-electron chi connectivity index (χ2n) is 11.8. The number of benzene rings is 2. The average Bonchev–Trinajstić information content (AvgIpc) is 3.73. The predicted molar refractivity (Wildman–Crippen MR) is 178 cm³/mol. The average molecular weight is 636 g/mol. The third kappa shape index (κ3) is 9.35. The van der Waals surface area contributed by atoms with Gasteiger partial charge in [-0.3, -0.25) is 24.7 Å². The normalized spacial score (nSPS) is 12.9. The molecule has 0 aliphatic heterocycles. The van der Waals surface area contributed by atoms with Crippen molar-refractivity contribution < 1.29 is 19.1 Å². The van der Waals surface area contributed by atoms with Crippen LogP contribution in [0.25, 0.3) is 0 Å². The highest BCUT2D eigenvalue weighted by molar-refractivity contribution is 7.14. The molecule has 0 saturated carbocycles. The highest BCUT2D eigenvalue weighted by atomic mass is 32.1. The van der Waals surface area contributed by atoms with Gasteiger partial charge in [-0.25, -0.2) is 9.59 Å². The topological polar surface area (TPSA) is 88.1 Å². The van der Waals surface area contributed by atoms with Crippen molar-refractivity contribution in [1.29, 1.82) is 0 Å². The number of carbonyl (C=O) groups excluding carboxylic acids is 2. The van der Waals surface area contributed by atoms with Crippen LogP contribution in [-0.4, -0.2) is 73.0 Å². The van der Waals surface area contributed by atoms with E-state index in [1.165, 1.54) is 36.9 Å². The summed E-state index contributed by atoms with van der Waals surface area (Å²) in [6.07, 6.45) is 3.74. The van der Waals surface area contributed by atoms with E-state index in [1.54, 1.807) is 33.2 Å². The standard InChI is InChI=1S/C33H41N5O4S2/c1-33(2,3)22-36(20-27(16-25-12-8-6-9-13-25)37(31(39)41-4)29-18-34-23-43-29)21-28(17-26-14-10-7-11-15-26)38(32(40)42-5)30-19-35-24-44-30/h6-15,18-19,23-24,27-28H,16-17,20-22H2,1-5H3/t27-,28-/m1/s1. The van der Waals surface area contributed by atoms with Gasteiger partial charge in [-0.15, -0.1) is 22.7 Å². The van der Waals surface area contributed by atoms with E-state index >= 15 is 0 Å². The molecule has 0 bridgehead atoms. The summed E-state index contributed by atoms with van der Waals surface area (Å²) >= 11 is 2.80. The van der Waals surface area contributed by atoms with Gasteiger partial charge in [-0.1, -0.05) is 81.4 Å². The highest BCUT2D eigenvalue weighted by Crippen LogP contribution is 2.29. The number of hydrogen-bond acceptors (Lipinski definition) is 9.